The van der Waals surface area contributed by atoms with Crippen molar-refractivity contribution in [3.05, 3.63) is 36.4 Å². The van der Waals surface area contributed by atoms with E-state index in [2.05, 4.69) is 22.2 Å². The smallest absolute Gasteiger partial charge is 0.343 e. The van der Waals surface area contributed by atoms with Crippen molar-refractivity contribution in [3.8, 4) is 5.75 Å². The number of carbonyl (C=O) groups excluding carboxylic acids is 1. The highest BCUT2D eigenvalue weighted by atomic mass is 16.6. The van der Waals surface area contributed by atoms with Gasteiger partial charge in [-0.15, -0.1) is 0 Å². The van der Waals surface area contributed by atoms with Crippen LogP contribution in [0.5, 0.6) is 5.75 Å². The number of nitrogens with one attached hydrogen (secondary N) is 1. The fourth-order valence-electron chi connectivity index (χ4n) is 2.95. The second-order valence-corrected chi connectivity index (χ2v) is 5.38. The van der Waals surface area contributed by atoms with Gasteiger partial charge in [0.25, 0.3) is 0 Å². The van der Waals surface area contributed by atoms with E-state index in [-0.39, 0.29) is 12.6 Å². The van der Waals surface area contributed by atoms with Gasteiger partial charge >= 0.3 is 5.97 Å². The predicted octanol–water partition coefficient (Wildman–Crippen LogP) is 2.61. The van der Waals surface area contributed by atoms with E-state index in [1.54, 1.807) is 0 Å². The Hall–Kier alpha value is -1.97. The van der Waals surface area contributed by atoms with Crippen LogP contribution in [0.1, 0.15) is 12.8 Å². The Morgan fingerprint density at radius 2 is 2.15 bits per heavy atom. The second-order valence-electron chi connectivity index (χ2n) is 5.38. The summed E-state index contributed by atoms with van der Waals surface area (Å²) in [6, 6.07) is 8.26. The normalized spacial score (nSPS) is 26.6. The van der Waals surface area contributed by atoms with Crippen molar-refractivity contribution in [2.24, 2.45) is 11.8 Å². The predicted molar refractivity (Wildman–Crippen MR) is 76.7 cm³/mol. The van der Waals surface area contributed by atoms with E-state index < -0.39 is 0 Å². The monoisotopic (exact) mass is 273 g/mol. The number of carbonyl (C=O) groups is 1. The number of esters is 1. The van der Waals surface area contributed by atoms with E-state index in [0.29, 0.717) is 17.7 Å². The topological polar surface area (TPSA) is 47.6 Å². The number of fused-ring (bicyclic) bond motifs is 1. The molecule has 2 aliphatic carbocycles. The molecule has 106 valence electrons. The Morgan fingerprint density at radius 1 is 1.35 bits per heavy atom. The molecule has 3 rings (SSSR count). The Balaban J connectivity index is 1.51. The van der Waals surface area contributed by atoms with E-state index >= 15 is 0 Å². The van der Waals surface area contributed by atoms with Crippen molar-refractivity contribution in [2.75, 3.05) is 19.0 Å². The molecule has 1 N–H and O–H groups in total. The molecule has 3 unspecified atom stereocenters. The Labute approximate surface area is 118 Å². The average Bonchev–Trinajstić information content (AvgIpc) is 2.84. The number of allylic oxidation sites excluding steroid dienone is 1. The molecule has 0 radical (unpaired) electrons. The molecule has 1 saturated carbocycles. The van der Waals surface area contributed by atoms with Crippen LogP contribution in [-0.4, -0.2) is 25.7 Å². The first kappa shape index (κ1) is 13.0. The van der Waals surface area contributed by atoms with E-state index in [0.717, 1.165) is 11.6 Å². The maximum Gasteiger partial charge on any atom is 0.343 e. The van der Waals surface area contributed by atoms with Crippen LogP contribution in [-0.2, 0) is 9.53 Å². The number of ether oxygens (including phenoxy) is 2. The molecule has 0 heterocycles. The van der Waals surface area contributed by atoms with E-state index in [4.69, 9.17) is 4.74 Å². The van der Waals surface area contributed by atoms with Gasteiger partial charge < -0.3 is 14.8 Å². The third-order valence-electron chi connectivity index (χ3n) is 4.15. The van der Waals surface area contributed by atoms with E-state index in [1.807, 2.05) is 24.3 Å². The first-order valence-electron chi connectivity index (χ1n) is 6.99. The van der Waals surface area contributed by atoms with Gasteiger partial charge in [0.15, 0.2) is 6.61 Å². The van der Waals surface area contributed by atoms with E-state index in [9.17, 15) is 4.79 Å². The summed E-state index contributed by atoms with van der Waals surface area (Å²) in [6.45, 7) is -0.0551. The molecule has 1 fully saturated rings. The molecule has 1 aromatic carbocycles. The largest absolute Gasteiger partial charge is 0.482 e. The maximum atomic E-state index is 11.0. The first-order chi connectivity index (χ1) is 9.76. The third kappa shape index (κ3) is 2.64. The van der Waals surface area contributed by atoms with Crippen molar-refractivity contribution in [2.45, 2.75) is 18.9 Å². The van der Waals surface area contributed by atoms with Crippen LogP contribution in [0, 0.1) is 11.8 Å². The number of benzene rings is 1. The Bertz CT molecular complexity index is 509. The van der Waals surface area contributed by atoms with Crippen molar-refractivity contribution < 1.29 is 14.3 Å². The average molecular weight is 273 g/mol. The molecule has 0 amide bonds. The minimum Gasteiger partial charge on any atom is -0.482 e. The summed E-state index contributed by atoms with van der Waals surface area (Å²) >= 11 is 0. The van der Waals surface area contributed by atoms with Gasteiger partial charge in [-0.1, -0.05) is 12.2 Å². The van der Waals surface area contributed by atoms with Gasteiger partial charge in [0.05, 0.1) is 7.11 Å². The lowest BCUT2D eigenvalue weighted by Crippen LogP contribution is -2.43. The van der Waals surface area contributed by atoms with Crippen LogP contribution in [0.15, 0.2) is 36.4 Å². The summed E-state index contributed by atoms with van der Waals surface area (Å²) in [5, 5.41) is 3.55. The van der Waals surface area contributed by atoms with Crippen molar-refractivity contribution in [3.63, 3.8) is 0 Å². The second kappa shape index (κ2) is 5.57. The van der Waals surface area contributed by atoms with Gasteiger partial charge in [0, 0.05) is 17.6 Å². The maximum absolute atomic E-state index is 11.0. The third-order valence-corrected chi connectivity index (χ3v) is 4.15. The summed E-state index contributed by atoms with van der Waals surface area (Å²) < 4.78 is 9.84. The van der Waals surface area contributed by atoms with Crippen LogP contribution in [0.4, 0.5) is 5.69 Å². The van der Waals surface area contributed by atoms with Crippen LogP contribution in [0.2, 0.25) is 0 Å². The molecular formula is C16H19NO3. The highest BCUT2D eigenvalue weighted by Gasteiger charge is 2.40. The van der Waals surface area contributed by atoms with Crippen LogP contribution < -0.4 is 10.1 Å². The first-order valence-corrected chi connectivity index (χ1v) is 6.99. The van der Waals surface area contributed by atoms with Gasteiger partial charge in [-0.2, -0.15) is 0 Å². The Kier molecular flexibility index (Phi) is 3.63. The van der Waals surface area contributed by atoms with Gasteiger partial charge in [0.2, 0.25) is 0 Å². The lowest BCUT2D eigenvalue weighted by Gasteiger charge is -2.41. The molecular weight excluding hydrogens is 254 g/mol. The highest BCUT2D eigenvalue weighted by Crippen LogP contribution is 2.44. The van der Waals surface area contributed by atoms with Gasteiger partial charge in [-0.25, -0.2) is 4.79 Å². The lowest BCUT2D eigenvalue weighted by molar-refractivity contribution is -0.142. The lowest BCUT2D eigenvalue weighted by atomic mass is 9.71. The summed E-state index contributed by atoms with van der Waals surface area (Å²) in [5.41, 5.74) is 1.10. The molecule has 0 bridgehead atoms. The molecule has 4 heteroatoms. The molecule has 0 aliphatic heterocycles. The van der Waals surface area contributed by atoms with Crippen LogP contribution in [0.25, 0.3) is 0 Å². The van der Waals surface area contributed by atoms with Gasteiger partial charge in [-0.3, -0.25) is 0 Å². The van der Waals surface area contributed by atoms with Gasteiger partial charge in [0.1, 0.15) is 5.75 Å². The van der Waals surface area contributed by atoms with Crippen molar-refractivity contribution >= 4 is 11.7 Å². The molecule has 1 aromatic rings. The fraction of sp³-hybridized carbons (Fsp3) is 0.438. The van der Waals surface area contributed by atoms with Gasteiger partial charge in [-0.05, 0) is 43.0 Å². The highest BCUT2D eigenvalue weighted by molar-refractivity contribution is 5.70. The fourth-order valence-corrected chi connectivity index (χ4v) is 2.95. The minimum absolute atomic E-state index is 0.0551. The van der Waals surface area contributed by atoms with E-state index in [1.165, 1.54) is 20.0 Å². The summed E-state index contributed by atoms with van der Waals surface area (Å²) in [6.07, 6.45) is 7.11. The number of rotatable bonds is 5. The van der Waals surface area contributed by atoms with Crippen LogP contribution >= 0.6 is 0 Å². The number of anilines is 1. The minimum atomic E-state index is -0.374. The molecule has 4 nitrogen and oxygen atoms in total. The standard InChI is InChI=1S/C16H19NO3/c1-19-16(18)10-20-13-7-5-12(6-8-13)17-15-9-11-3-2-4-14(11)15/h2,4-8,11,14-15,17H,3,9-10H2,1H3. The summed E-state index contributed by atoms with van der Waals surface area (Å²) in [4.78, 5) is 11.0. The molecule has 0 saturated heterocycles. The number of hydrogen-bond acceptors (Lipinski definition) is 4. The quantitative estimate of drug-likeness (QED) is 0.662. The van der Waals surface area contributed by atoms with Crippen molar-refractivity contribution in [1.29, 1.82) is 0 Å². The molecule has 0 spiro atoms. The zero-order chi connectivity index (χ0) is 13.9. The molecule has 20 heavy (non-hydrogen) atoms. The van der Waals surface area contributed by atoms with Crippen LogP contribution in [0.3, 0.4) is 0 Å². The summed E-state index contributed by atoms with van der Waals surface area (Å²) in [7, 11) is 1.35. The number of hydrogen-bond donors (Lipinski definition) is 1. The zero-order valence-electron chi connectivity index (χ0n) is 11.5. The SMILES string of the molecule is COC(=O)COc1ccc(NC2CC3CC=CC32)cc1. The van der Waals surface area contributed by atoms with Crippen molar-refractivity contribution in [1.82, 2.24) is 0 Å². The molecule has 0 aromatic heterocycles. The number of methoxy groups -OCH3 is 1. The summed E-state index contributed by atoms with van der Waals surface area (Å²) in [5.74, 6) is 1.86. The Morgan fingerprint density at radius 3 is 2.85 bits per heavy atom. The zero-order valence-corrected chi connectivity index (χ0v) is 11.5. The molecule has 3 atom stereocenters. The molecule has 2 aliphatic rings.